The fraction of sp³-hybridized carbons (Fsp3) is 0.360. The number of nitrogens with zero attached hydrogens (tertiary/aromatic N) is 2. The number of rotatable bonds is 6. The van der Waals surface area contributed by atoms with E-state index in [1.807, 2.05) is 36.9 Å². The summed E-state index contributed by atoms with van der Waals surface area (Å²) in [5, 5.41) is 3.22. The van der Waals surface area contributed by atoms with Crippen molar-refractivity contribution in [3.05, 3.63) is 59.8 Å². The summed E-state index contributed by atoms with van der Waals surface area (Å²) in [7, 11) is -3.92. The highest BCUT2D eigenvalue weighted by atomic mass is 32.2. The van der Waals surface area contributed by atoms with Crippen LogP contribution < -0.4 is 5.32 Å². The molecular weight excluding hydrogens is 438 g/mol. The molecule has 0 aliphatic carbocycles. The molecule has 7 nitrogen and oxygen atoms in total. The van der Waals surface area contributed by atoms with Gasteiger partial charge in [-0.05, 0) is 50.8 Å². The van der Waals surface area contributed by atoms with Gasteiger partial charge in [-0.2, -0.15) is 0 Å². The van der Waals surface area contributed by atoms with Crippen LogP contribution in [-0.4, -0.2) is 48.5 Å². The minimum absolute atomic E-state index is 0.0213. The predicted octanol–water partition coefficient (Wildman–Crippen LogP) is 3.68. The lowest BCUT2D eigenvalue weighted by Gasteiger charge is -2.27. The molecule has 1 aromatic heterocycles. The minimum atomic E-state index is -3.92. The Morgan fingerprint density at radius 2 is 1.73 bits per heavy atom. The molecule has 3 aromatic rings. The van der Waals surface area contributed by atoms with Crippen LogP contribution in [0.15, 0.2) is 53.6 Å². The van der Waals surface area contributed by atoms with E-state index in [2.05, 4.69) is 5.32 Å². The Morgan fingerprint density at radius 3 is 2.45 bits per heavy atom. The number of benzene rings is 2. The van der Waals surface area contributed by atoms with Gasteiger partial charge in [-0.25, -0.2) is 8.42 Å². The fourth-order valence-electron chi connectivity index (χ4n) is 4.37. The maximum Gasteiger partial charge on any atom is 0.242 e. The highest BCUT2D eigenvalue weighted by molar-refractivity contribution is 7.92. The third-order valence-corrected chi connectivity index (χ3v) is 7.72. The van der Waals surface area contributed by atoms with Gasteiger partial charge in [-0.1, -0.05) is 35.9 Å². The second-order valence-corrected chi connectivity index (χ2v) is 10.7. The molecule has 1 aliphatic rings. The van der Waals surface area contributed by atoms with Gasteiger partial charge in [-0.15, -0.1) is 0 Å². The second-order valence-electron chi connectivity index (χ2n) is 8.71. The Morgan fingerprint density at radius 1 is 1.00 bits per heavy atom. The molecule has 2 amide bonds. The SMILES string of the molecule is Cc1ccc(NC(=O)CS(=O)(=O)c2cn(CC(=O)N3CCCCC3)c3ccccc23)c(C)c1. The monoisotopic (exact) mass is 467 g/mol. The van der Waals surface area contributed by atoms with Gasteiger partial charge in [0, 0.05) is 35.9 Å². The maximum absolute atomic E-state index is 13.2. The zero-order chi connectivity index (χ0) is 23.6. The number of aryl methyl sites for hydroxylation is 2. The van der Waals surface area contributed by atoms with E-state index in [-0.39, 0.29) is 17.3 Å². The van der Waals surface area contributed by atoms with Crippen molar-refractivity contribution in [1.82, 2.24) is 9.47 Å². The van der Waals surface area contributed by atoms with E-state index in [0.29, 0.717) is 16.6 Å². The molecule has 2 aromatic carbocycles. The first-order valence-electron chi connectivity index (χ1n) is 11.2. The molecule has 1 aliphatic heterocycles. The molecule has 174 valence electrons. The number of nitrogens with one attached hydrogen (secondary N) is 1. The molecule has 4 rings (SSSR count). The molecule has 0 bridgehead atoms. The molecule has 0 radical (unpaired) electrons. The van der Waals surface area contributed by atoms with Gasteiger partial charge in [0.2, 0.25) is 11.8 Å². The van der Waals surface area contributed by atoms with Crippen LogP contribution in [0.5, 0.6) is 0 Å². The van der Waals surface area contributed by atoms with E-state index >= 15 is 0 Å². The Hall–Kier alpha value is -3.13. The van der Waals surface area contributed by atoms with Gasteiger partial charge in [-0.3, -0.25) is 9.59 Å². The number of aromatic nitrogens is 1. The smallest absolute Gasteiger partial charge is 0.242 e. The van der Waals surface area contributed by atoms with Gasteiger partial charge < -0.3 is 14.8 Å². The zero-order valence-electron chi connectivity index (χ0n) is 19.0. The van der Waals surface area contributed by atoms with Crippen LogP contribution in [0, 0.1) is 13.8 Å². The molecule has 1 saturated heterocycles. The van der Waals surface area contributed by atoms with E-state index in [1.54, 1.807) is 28.8 Å². The first-order chi connectivity index (χ1) is 15.7. The Labute approximate surface area is 194 Å². The normalized spacial score (nSPS) is 14.4. The summed E-state index contributed by atoms with van der Waals surface area (Å²) < 4.78 is 28.1. The summed E-state index contributed by atoms with van der Waals surface area (Å²) in [5.74, 6) is -1.29. The van der Waals surface area contributed by atoms with Crippen LogP contribution in [0.3, 0.4) is 0 Å². The van der Waals surface area contributed by atoms with Crippen molar-refractivity contribution >= 4 is 38.2 Å². The molecule has 33 heavy (non-hydrogen) atoms. The predicted molar refractivity (Wildman–Crippen MR) is 129 cm³/mol. The standard InChI is InChI=1S/C25H29N3O4S/c1-18-10-11-21(19(2)14-18)26-24(29)17-33(31,32)23-15-28(22-9-5-4-8-20(22)23)16-25(30)27-12-6-3-7-13-27/h4-5,8-11,14-15H,3,6-7,12-13,16-17H2,1-2H3,(H,26,29). The van der Waals surface area contributed by atoms with Crippen LogP contribution in [-0.2, 0) is 26.0 Å². The second kappa shape index (κ2) is 9.39. The number of hydrogen-bond donors (Lipinski definition) is 1. The first kappa shape index (κ1) is 23.0. The summed E-state index contributed by atoms with van der Waals surface area (Å²) in [6, 6.07) is 12.6. The lowest BCUT2D eigenvalue weighted by atomic mass is 10.1. The number of piperidine rings is 1. The summed E-state index contributed by atoms with van der Waals surface area (Å²) in [4.78, 5) is 27.3. The fourth-order valence-corrected chi connectivity index (χ4v) is 5.74. The number of anilines is 1. The lowest BCUT2D eigenvalue weighted by Crippen LogP contribution is -2.37. The van der Waals surface area contributed by atoms with Crippen LogP contribution in [0.2, 0.25) is 0 Å². The molecule has 0 saturated carbocycles. The molecule has 8 heteroatoms. The zero-order valence-corrected chi connectivity index (χ0v) is 19.8. The van der Waals surface area contributed by atoms with Crippen LogP contribution >= 0.6 is 0 Å². The molecule has 1 fully saturated rings. The quantitative estimate of drug-likeness (QED) is 0.599. The molecule has 0 unspecified atom stereocenters. The molecule has 0 spiro atoms. The van der Waals surface area contributed by atoms with E-state index in [0.717, 1.165) is 43.5 Å². The van der Waals surface area contributed by atoms with Crippen LogP contribution in [0.4, 0.5) is 5.69 Å². The van der Waals surface area contributed by atoms with Crippen molar-refractivity contribution in [2.45, 2.75) is 44.6 Å². The third kappa shape index (κ3) is 5.11. The summed E-state index contributed by atoms with van der Waals surface area (Å²) >= 11 is 0. The van der Waals surface area contributed by atoms with Gasteiger partial charge in [0.25, 0.3) is 0 Å². The van der Waals surface area contributed by atoms with Crippen molar-refractivity contribution in [3.8, 4) is 0 Å². The van der Waals surface area contributed by atoms with Crippen molar-refractivity contribution in [2.24, 2.45) is 0 Å². The summed E-state index contributed by atoms with van der Waals surface area (Å²) in [6.07, 6.45) is 4.61. The van der Waals surface area contributed by atoms with E-state index in [1.165, 1.54) is 6.20 Å². The summed E-state index contributed by atoms with van der Waals surface area (Å²) in [6.45, 7) is 5.37. The maximum atomic E-state index is 13.2. The number of sulfone groups is 1. The van der Waals surface area contributed by atoms with Gasteiger partial charge in [0.1, 0.15) is 12.3 Å². The van der Waals surface area contributed by atoms with Crippen molar-refractivity contribution in [1.29, 1.82) is 0 Å². The third-order valence-electron chi connectivity index (χ3n) is 6.08. The first-order valence-corrected chi connectivity index (χ1v) is 12.9. The Balaban J connectivity index is 1.57. The highest BCUT2D eigenvalue weighted by Crippen LogP contribution is 2.27. The minimum Gasteiger partial charge on any atom is -0.341 e. The van der Waals surface area contributed by atoms with Gasteiger partial charge in [0.05, 0.1) is 4.90 Å². The van der Waals surface area contributed by atoms with Crippen LogP contribution in [0.25, 0.3) is 10.9 Å². The molecule has 1 N–H and O–H groups in total. The number of para-hydroxylation sites is 1. The van der Waals surface area contributed by atoms with Crippen LogP contribution in [0.1, 0.15) is 30.4 Å². The number of amides is 2. The topological polar surface area (TPSA) is 88.5 Å². The summed E-state index contributed by atoms with van der Waals surface area (Å²) in [5.41, 5.74) is 3.19. The largest absolute Gasteiger partial charge is 0.341 e. The highest BCUT2D eigenvalue weighted by Gasteiger charge is 2.26. The lowest BCUT2D eigenvalue weighted by molar-refractivity contribution is -0.132. The van der Waals surface area contributed by atoms with Crippen molar-refractivity contribution < 1.29 is 18.0 Å². The molecular formula is C25H29N3O4S. The average Bonchev–Trinajstić information content (AvgIpc) is 3.15. The number of hydrogen-bond acceptors (Lipinski definition) is 4. The number of carbonyl (C=O) groups excluding carboxylic acids is 2. The Kier molecular flexibility index (Phi) is 6.56. The average molecular weight is 468 g/mol. The van der Waals surface area contributed by atoms with E-state index < -0.39 is 21.5 Å². The van der Waals surface area contributed by atoms with Crippen molar-refractivity contribution in [3.63, 3.8) is 0 Å². The Bertz CT molecular complexity index is 1300. The molecule has 0 atom stereocenters. The molecule has 2 heterocycles. The number of fused-ring (bicyclic) bond motifs is 1. The number of carbonyl (C=O) groups is 2. The van der Waals surface area contributed by atoms with Gasteiger partial charge in [0.15, 0.2) is 9.84 Å². The van der Waals surface area contributed by atoms with Crippen molar-refractivity contribution in [2.75, 3.05) is 24.2 Å². The van der Waals surface area contributed by atoms with Gasteiger partial charge >= 0.3 is 0 Å². The van der Waals surface area contributed by atoms with E-state index in [4.69, 9.17) is 0 Å². The number of likely N-dealkylation sites (tertiary alicyclic amines) is 1. The van der Waals surface area contributed by atoms with E-state index in [9.17, 15) is 18.0 Å².